The van der Waals surface area contributed by atoms with Crippen LogP contribution in [0.1, 0.15) is 12.8 Å². The van der Waals surface area contributed by atoms with Gasteiger partial charge < -0.3 is 9.30 Å². The highest BCUT2D eigenvalue weighted by atomic mass is 16.6. The third-order valence-corrected chi connectivity index (χ3v) is 3.41. The first kappa shape index (κ1) is 11.2. The van der Waals surface area contributed by atoms with Gasteiger partial charge in [-0.2, -0.15) is 0 Å². The number of nitro benzene ring substituents is 1. The van der Waals surface area contributed by atoms with E-state index in [1.54, 1.807) is 12.1 Å². The SMILES string of the molecule is O=[N+]([O-])c1cccc2c1ccn2CC1CCCO1. The monoisotopic (exact) mass is 246 g/mol. The summed E-state index contributed by atoms with van der Waals surface area (Å²) in [6, 6.07) is 6.99. The summed E-state index contributed by atoms with van der Waals surface area (Å²) in [6.07, 6.45) is 4.30. The Bertz CT molecular complexity index is 585. The third-order valence-electron chi connectivity index (χ3n) is 3.41. The fourth-order valence-corrected chi connectivity index (χ4v) is 2.53. The van der Waals surface area contributed by atoms with E-state index in [1.807, 2.05) is 22.9 Å². The number of benzene rings is 1. The Morgan fingerprint density at radius 2 is 2.33 bits per heavy atom. The molecule has 1 aromatic carbocycles. The molecule has 5 nitrogen and oxygen atoms in total. The second kappa shape index (κ2) is 4.42. The van der Waals surface area contributed by atoms with Crippen molar-refractivity contribution >= 4 is 16.6 Å². The zero-order chi connectivity index (χ0) is 12.5. The molecule has 0 bridgehead atoms. The predicted octanol–water partition coefficient (Wildman–Crippen LogP) is 2.73. The quantitative estimate of drug-likeness (QED) is 0.618. The van der Waals surface area contributed by atoms with E-state index in [2.05, 4.69) is 0 Å². The lowest BCUT2D eigenvalue weighted by Crippen LogP contribution is -2.13. The maximum atomic E-state index is 10.9. The fraction of sp³-hybridized carbons (Fsp3) is 0.385. The van der Waals surface area contributed by atoms with Crippen LogP contribution in [0.4, 0.5) is 5.69 Å². The first-order chi connectivity index (χ1) is 8.75. The van der Waals surface area contributed by atoms with Crippen molar-refractivity contribution in [3.63, 3.8) is 0 Å². The summed E-state index contributed by atoms with van der Waals surface area (Å²) in [5.74, 6) is 0. The average molecular weight is 246 g/mol. The van der Waals surface area contributed by atoms with Crippen LogP contribution in [-0.2, 0) is 11.3 Å². The average Bonchev–Trinajstić information content (AvgIpc) is 2.99. The van der Waals surface area contributed by atoms with E-state index in [0.29, 0.717) is 5.39 Å². The number of non-ortho nitro benzene ring substituents is 1. The molecule has 2 heterocycles. The molecule has 18 heavy (non-hydrogen) atoms. The van der Waals surface area contributed by atoms with E-state index < -0.39 is 0 Å². The van der Waals surface area contributed by atoms with Crippen LogP contribution in [0, 0.1) is 10.1 Å². The maximum Gasteiger partial charge on any atom is 0.278 e. The molecule has 0 radical (unpaired) electrons. The normalized spacial score (nSPS) is 19.4. The van der Waals surface area contributed by atoms with Crippen molar-refractivity contribution in [2.75, 3.05) is 6.61 Å². The van der Waals surface area contributed by atoms with Crippen LogP contribution in [-0.4, -0.2) is 22.2 Å². The van der Waals surface area contributed by atoms with E-state index in [4.69, 9.17) is 4.74 Å². The van der Waals surface area contributed by atoms with Gasteiger partial charge in [-0.25, -0.2) is 0 Å². The van der Waals surface area contributed by atoms with Gasteiger partial charge in [-0.1, -0.05) is 6.07 Å². The Kier molecular flexibility index (Phi) is 2.76. The van der Waals surface area contributed by atoms with Crippen molar-refractivity contribution in [1.82, 2.24) is 4.57 Å². The van der Waals surface area contributed by atoms with Gasteiger partial charge >= 0.3 is 0 Å². The Labute approximate surface area is 104 Å². The zero-order valence-electron chi connectivity index (χ0n) is 9.91. The van der Waals surface area contributed by atoms with Gasteiger partial charge in [0.2, 0.25) is 0 Å². The molecule has 0 saturated carbocycles. The summed E-state index contributed by atoms with van der Waals surface area (Å²) < 4.78 is 7.64. The number of ether oxygens (including phenoxy) is 1. The van der Waals surface area contributed by atoms with Crippen LogP contribution in [0.5, 0.6) is 0 Å². The van der Waals surface area contributed by atoms with Gasteiger partial charge in [-0.3, -0.25) is 10.1 Å². The molecule has 1 saturated heterocycles. The minimum absolute atomic E-state index is 0.165. The van der Waals surface area contributed by atoms with Crippen molar-refractivity contribution in [3.8, 4) is 0 Å². The van der Waals surface area contributed by atoms with Gasteiger partial charge in [0, 0.05) is 25.4 Å². The lowest BCUT2D eigenvalue weighted by Gasteiger charge is -2.11. The maximum absolute atomic E-state index is 10.9. The smallest absolute Gasteiger partial charge is 0.278 e. The van der Waals surface area contributed by atoms with Crippen LogP contribution < -0.4 is 0 Å². The summed E-state index contributed by atoms with van der Waals surface area (Å²) in [4.78, 5) is 10.6. The highest BCUT2D eigenvalue weighted by Gasteiger charge is 2.18. The summed E-state index contributed by atoms with van der Waals surface area (Å²) in [5, 5.41) is 11.6. The van der Waals surface area contributed by atoms with Crippen LogP contribution >= 0.6 is 0 Å². The van der Waals surface area contributed by atoms with E-state index >= 15 is 0 Å². The molecular formula is C13H14N2O3. The molecule has 94 valence electrons. The molecular weight excluding hydrogens is 232 g/mol. The Morgan fingerprint density at radius 1 is 1.44 bits per heavy atom. The zero-order valence-corrected chi connectivity index (χ0v) is 9.91. The molecule has 1 unspecified atom stereocenters. The van der Waals surface area contributed by atoms with Gasteiger partial charge in [0.25, 0.3) is 5.69 Å². The van der Waals surface area contributed by atoms with Crippen LogP contribution in [0.2, 0.25) is 0 Å². The highest BCUT2D eigenvalue weighted by molar-refractivity contribution is 5.89. The first-order valence-electron chi connectivity index (χ1n) is 6.09. The number of rotatable bonds is 3. The van der Waals surface area contributed by atoms with Crippen molar-refractivity contribution < 1.29 is 9.66 Å². The minimum atomic E-state index is -0.335. The molecule has 5 heteroatoms. The van der Waals surface area contributed by atoms with Crippen molar-refractivity contribution in [2.24, 2.45) is 0 Å². The van der Waals surface area contributed by atoms with Crippen molar-refractivity contribution in [3.05, 3.63) is 40.6 Å². The Balaban J connectivity index is 1.98. The standard InChI is InChI=1S/C13H14N2O3/c16-15(17)13-5-1-4-12-11(13)6-7-14(12)9-10-3-2-8-18-10/h1,4-7,10H,2-3,8-9H2. The molecule has 3 rings (SSSR count). The lowest BCUT2D eigenvalue weighted by atomic mass is 10.2. The number of nitro groups is 1. The van der Waals surface area contributed by atoms with Gasteiger partial charge in [0.1, 0.15) is 0 Å². The van der Waals surface area contributed by atoms with E-state index in [1.165, 1.54) is 0 Å². The van der Waals surface area contributed by atoms with Gasteiger partial charge in [-0.15, -0.1) is 0 Å². The van der Waals surface area contributed by atoms with Crippen LogP contribution in [0.25, 0.3) is 10.9 Å². The third kappa shape index (κ3) is 1.86. The van der Waals surface area contributed by atoms with Crippen molar-refractivity contribution in [1.29, 1.82) is 0 Å². The first-order valence-corrected chi connectivity index (χ1v) is 6.09. The molecule has 1 aliphatic heterocycles. The topological polar surface area (TPSA) is 57.3 Å². The number of nitrogens with zero attached hydrogens (tertiary/aromatic N) is 2. The number of aromatic nitrogens is 1. The molecule has 1 aliphatic rings. The molecule has 1 atom stereocenters. The predicted molar refractivity (Wildman–Crippen MR) is 67.6 cm³/mol. The summed E-state index contributed by atoms with van der Waals surface area (Å²) >= 11 is 0. The molecule has 0 aliphatic carbocycles. The molecule has 1 fully saturated rings. The molecule has 1 aromatic heterocycles. The van der Waals surface area contributed by atoms with Gasteiger partial charge in [0.05, 0.1) is 21.9 Å². The van der Waals surface area contributed by atoms with Crippen LogP contribution in [0.3, 0.4) is 0 Å². The number of hydrogen-bond acceptors (Lipinski definition) is 3. The molecule has 0 amide bonds. The number of hydrogen-bond donors (Lipinski definition) is 0. The molecule has 2 aromatic rings. The van der Waals surface area contributed by atoms with E-state index in [-0.39, 0.29) is 16.7 Å². The molecule has 0 N–H and O–H groups in total. The highest BCUT2D eigenvalue weighted by Crippen LogP contribution is 2.27. The Morgan fingerprint density at radius 3 is 3.06 bits per heavy atom. The van der Waals surface area contributed by atoms with Gasteiger partial charge in [-0.05, 0) is 25.0 Å². The fourth-order valence-electron chi connectivity index (χ4n) is 2.53. The second-order valence-corrected chi connectivity index (χ2v) is 4.57. The summed E-state index contributed by atoms with van der Waals surface area (Å²) in [6.45, 7) is 1.59. The lowest BCUT2D eigenvalue weighted by molar-refractivity contribution is -0.383. The second-order valence-electron chi connectivity index (χ2n) is 4.57. The van der Waals surface area contributed by atoms with E-state index in [0.717, 1.165) is 31.5 Å². The van der Waals surface area contributed by atoms with E-state index in [9.17, 15) is 10.1 Å². The Hall–Kier alpha value is -1.88. The van der Waals surface area contributed by atoms with Gasteiger partial charge in [0.15, 0.2) is 0 Å². The minimum Gasteiger partial charge on any atom is -0.376 e. The number of fused-ring (bicyclic) bond motifs is 1. The molecule has 0 spiro atoms. The summed E-state index contributed by atoms with van der Waals surface area (Å²) in [5.41, 5.74) is 1.07. The summed E-state index contributed by atoms with van der Waals surface area (Å²) in [7, 11) is 0. The largest absolute Gasteiger partial charge is 0.376 e. The van der Waals surface area contributed by atoms with Crippen molar-refractivity contribution in [2.45, 2.75) is 25.5 Å². The van der Waals surface area contributed by atoms with Crippen LogP contribution in [0.15, 0.2) is 30.5 Å².